The second-order valence-electron chi connectivity index (χ2n) is 4.71. The van der Waals surface area contributed by atoms with Gasteiger partial charge in [0.25, 0.3) is 0 Å². The molecule has 1 N–H and O–H groups in total. The summed E-state index contributed by atoms with van der Waals surface area (Å²) in [5.41, 5.74) is 0. The van der Waals surface area contributed by atoms with E-state index >= 15 is 0 Å². The van der Waals surface area contributed by atoms with Crippen LogP contribution < -0.4 is 5.32 Å². The van der Waals surface area contributed by atoms with Crippen LogP contribution in [0.5, 0.6) is 0 Å². The van der Waals surface area contributed by atoms with E-state index in [1.807, 2.05) is 18.7 Å². The Bertz CT molecular complexity index is 296. The van der Waals surface area contributed by atoms with E-state index in [0.29, 0.717) is 26.1 Å². The molecule has 2 heterocycles. The van der Waals surface area contributed by atoms with Gasteiger partial charge in [0, 0.05) is 26.1 Å². The maximum absolute atomic E-state index is 12.1. The average Bonchev–Trinajstić information content (AvgIpc) is 2.62. The summed E-state index contributed by atoms with van der Waals surface area (Å²) in [4.78, 5) is 25.0. The average molecular weight is 226 g/mol. The van der Waals surface area contributed by atoms with Crippen molar-refractivity contribution in [3.63, 3.8) is 0 Å². The molecule has 16 heavy (non-hydrogen) atoms. The van der Waals surface area contributed by atoms with Crippen molar-refractivity contribution in [3.05, 3.63) is 0 Å². The van der Waals surface area contributed by atoms with Crippen molar-refractivity contribution in [2.75, 3.05) is 19.6 Å². The Kier molecular flexibility index (Phi) is 3.14. The number of hydrogen-bond acceptors (Lipinski definition) is 3. The van der Waals surface area contributed by atoms with Gasteiger partial charge < -0.3 is 15.0 Å². The first-order valence-electron chi connectivity index (χ1n) is 5.77. The van der Waals surface area contributed by atoms with Gasteiger partial charge in [0.05, 0.1) is 18.1 Å². The van der Waals surface area contributed by atoms with Gasteiger partial charge in [0.2, 0.25) is 11.8 Å². The molecule has 0 saturated carbocycles. The number of ether oxygens (including phenoxy) is 1. The van der Waals surface area contributed by atoms with Gasteiger partial charge in [0.15, 0.2) is 0 Å². The third kappa shape index (κ3) is 2.35. The van der Waals surface area contributed by atoms with E-state index in [0.717, 1.165) is 0 Å². The van der Waals surface area contributed by atoms with E-state index in [9.17, 15) is 9.59 Å². The second kappa shape index (κ2) is 4.41. The number of carbonyl (C=O) groups excluding carboxylic acids is 2. The minimum absolute atomic E-state index is 0.0206. The predicted molar refractivity (Wildman–Crippen MR) is 57.7 cm³/mol. The Morgan fingerprint density at radius 3 is 2.50 bits per heavy atom. The first kappa shape index (κ1) is 11.4. The lowest BCUT2D eigenvalue weighted by Gasteiger charge is -2.36. The summed E-state index contributed by atoms with van der Waals surface area (Å²) in [5.74, 6) is -0.113. The first-order chi connectivity index (χ1) is 7.56. The maximum Gasteiger partial charge on any atom is 0.228 e. The van der Waals surface area contributed by atoms with Gasteiger partial charge in [0.1, 0.15) is 0 Å². The van der Waals surface area contributed by atoms with Crippen LogP contribution in [0.2, 0.25) is 0 Å². The molecule has 0 radical (unpaired) electrons. The highest BCUT2D eigenvalue weighted by molar-refractivity contribution is 5.89. The van der Waals surface area contributed by atoms with Crippen molar-refractivity contribution >= 4 is 11.8 Å². The SMILES string of the molecule is CC1CN(C(=O)C2CNC(=O)C2)CC(C)O1. The molecule has 0 aromatic heterocycles. The number of rotatable bonds is 1. The van der Waals surface area contributed by atoms with Crippen LogP contribution in [0.3, 0.4) is 0 Å². The summed E-state index contributed by atoms with van der Waals surface area (Å²) >= 11 is 0. The molecule has 2 amide bonds. The highest BCUT2D eigenvalue weighted by atomic mass is 16.5. The normalized spacial score (nSPS) is 35.0. The van der Waals surface area contributed by atoms with Crippen molar-refractivity contribution < 1.29 is 14.3 Å². The predicted octanol–water partition coefficient (Wildman–Crippen LogP) is -0.242. The lowest BCUT2D eigenvalue weighted by atomic mass is 10.1. The van der Waals surface area contributed by atoms with Crippen LogP contribution in [-0.2, 0) is 14.3 Å². The van der Waals surface area contributed by atoms with E-state index < -0.39 is 0 Å². The fourth-order valence-corrected chi connectivity index (χ4v) is 2.40. The smallest absolute Gasteiger partial charge is 0.228 e. The maximum atomic E-state index is 12.1. The lowest BCUT2D eigenvalue weighted by Crippen LogP contribution is -2.50. The van der Waals surface area contributed by atoms with Gasteiger partial charge in [-0.05, 0) is 13.8 Å². The molecule has 0 aliphatic carbocycles. The van der Waals surface area contributed by atoms with Crippen LogP contribution in [0, 0.1) is 5.92 Å². The molecule has 2 aliphatic heterocycles. The molecule has 3 atom stereocenters. The van der Waals surface area contributed by atoms with Gasteiger partial charge in [-0.3, -0.25) is 9.59 Å². The highest BCUT2D eigenvalue weighted by Gasteiger charge is 2.34. The summed E-state index contributed by atoms with van der Waals surface area (Å²) < 4.78 is 5.57. The molecule has 5 nitrogen and oxygen atoms in total. The summed E-state index contributed by atoms with van der Waals surface area (Å²) in [6, 6.07) is 0. The molecule has 0 bridgehead atoms. The van der Waals surface area contributed by atoms with E-state index in [2.05, 4.69) is 5.32 Å². The molecular formula is C11H18N2O3. The van der Waals surface area contributed by atoms with Crippen LogP contribution in [0.4, 0.5) is 0 Å². The standard InChI is InChI=1S/C11H18N2O3/c1-7-5-13(6-8(2)16-7)11(15)9-3-10(14)12-4-9/h7-9H,3-6H2,1-2H3,(H,12,14). The van der Waals surface area contributed by atoms with Gasteiger partial charge in [-0.2, -0.15) is 0 Å². The Labute approximate surface area is 95.1 Å². The van der Waals surface area contributed by atoms with Gasteiger partial charge >= 0.3 is 0 Å². The third-order valence-electron chi connectivity index (χ3n) is 3.06. The molecule has 2 aliphatic rings. The molecule has 2 saturated heterocycles. The van der Waals surface area contributed by atoms with E-state index in [1.165, 1.54) is 0 Å². The second-order valence-corrected chi connectivity index (χ2v) is 4.71. The van der Waals surface area contributed by atoms with Crippen LogP contribution in [0.1, 0.15) is 20.3 Å². The first-order valence-corrected chi connectivity index (χ1v) is 5.77. The van der Waals surface area contributed by atoms with E-state index in [-0.39, 0.29) is 29.9 Å². The van der Waals surface area contributed by atoms with Crippen molar-refractivity contribution in [1.29, 1.82) is 0 Å². The Hall–Kier alpha value is -1.10. The zero-order valence-corrected chi connectivity index (χ0v) is 9.73. The number of morpholine rings is 1. The van der Waals surface area contributed by atoms with Crippen molar-refractivity contribution in [3.8, 4) is 0 Å². The molecule has 0 aromatic carbocycles. The molecule has 2 fully saturated rings. The number of nitrogens with one attached hydrogen (secondary N) is 1. The monoisotopic (exact) mass is 226 g/mol. The molecule has 90 valence electrons. The van der Waals surface area contributed by atoms with Gasteiger partial charge in [-0.15, -0.1) is 0 Å². The van der Waals surface area contributed by atoms with Crippen LogP contribution in [0.25, 0.3) is 0 Å². The van der Waals surface area contributed by atoms with Gasteiger partial charge in [-0.1, -0.05) is 0 Å². The van der Waals surface area contributed by atoms with Crippen LogP contribution in [-0.4, -0.2) is 48.6 Å². The fraction of sp³-hybridized carbons (Fsp3) is 0.818. The summed E-state index contributed by atoms with van der Waals surface area (Å²) in [5, 5.41) is 2.69. The number of nitrogens with zero attached hydrogens (tertiary/aromatic N) is 1. The quantitative estimate of drug-likeness (QED) is 0.671. The van der Waals surface area contributed by atoms with Crippen molar-refractivity contribution in [2.45, 2.75) is 32.5 Å². The number of amides is 2. The van der Waals surface area contributed by atoms with Gasteiger partial charge in [-0.25, -0.2) is 0 Å². The minimum atomic E-state index is -0.176. The zero-order valence-electron chi connectivity index (χ0n) is 9.73. The molecular weight excluding hydrogens is 208 g/mol. The largest absolute Gasteiger partial charge is 0.372 e. The summed E-state index contributed by atoms with van der Waals surface area (Å²) in [6.07, 6.45) is 0.495. The van der Waals surface area contributed by atoms with E-state index in [1.54, 1.807) is 0 Å². The van der Waals surface area contributed by atoms with Crippen molar-refractivity contribution in [2.24, 2.45) is 5.92 Å². The number of hydrogen-bond donors (Lipinski definition) is 1. The Morgan fingerprint density at radius 1 is 1.38 bits per heavy atom. The number of carbonyl (C=O) groups is 2. The van der Waals surface area contributed by atoms with E-state index in [4.69, 9.17) is 4.74 Å². The highest BCUT2D eigenvalue weighted by Crippen LogP contribution is 2.17. The molecule has 0 aromatic rings. The third-order valence-corrected chi connectivity index (χ3v) is 3.06. The zero-order chi connectivity index (χ0) is 11.7. The van der Waals surface area contributed by atoms with Crippen molar-refractivity contribution in [1.82, 2.24) is 10.2 Å². The Morgan fingerprint density at radius 2 is 2.00 bits per heavy atom. The van der Waals surface area contributed by atoms with Crippen LogP contribution >= 0.6 is 0 Å². The molecule has 0 spiro atoms. The summed E-state index contributed by atoms with van der Waals surface area (Å²) in [7, 11) is 0. The lowest BCUT2D eigenvalue weighted by molar-refractivity contribution is -0.147. The Balaban J connectivity index is 1.96. The molecule has 3 unspecified atom stereocenters. The molecule has 5 heteroatoms. The van der Waals surface area contributed by atoms with Crippen LogP contribution in [0.15, 0.2) is 0 Å². The fourth-order valence-electron chi connectivity index (χ4n) is 2.40. The topological polar surface area (TPSA) is 58.6 Å². The summed E-state index contributed by atoms with van der Waals surface area (Å²) in [6.45, 7) is 5.68. The molecule has 2 rings (SSSR count). The minimum Gasteiger partial charge on any atom is -0.372 e.